The smallest absolute Gasteiger partial charge is 0.223 e. The van der Waals surface area contributed by atoms with Crippen LogP contribution >= 0.6 is 0 Å². The second-order valence-corrected chi connectivity index (χ2v) is 12.9. The van der Waals surface area contributed by atoms with Gasteiger partial charge in [0.1, 0.15) is 0 Å². The maximum Gasteiger partial charge on any atom is 0.223 e. The first kappa shape index (κ1) is 41.4. The molecule has 43 heavy (non-hydrogen) atoms. The van der Waals surface area contributed by atoms with Crippen LogP contribution in [0.1, 0.15) is 188 Å². The lowest BCUT2D eigenvalue weighted by Gasteiger charge is -2.23. The molecule has 0 fully saturated rings. The van der Waals surface area contributed by atoms with Crippen LogP contribution in [0, 0.1) is 0 Å². The molecular formula is C37H73N3O3. The van der Waals surface area contributed by atoms with Gasteiger partial charge in [-0.2, -0.15) is 0 Å². The number of nitrogens with one attached hydrogen (secondary N) is 1. The molecule has 0 unspecified atom stereocenters. The Morgan fingerprint density at radius 1 is 0.488 bits per heavy atom. The Bertz CT molecular complexity index is 627. The van der Waals surface area contributed by atoms with Crippen molar-refractivity contribution in [1.82, 2.24) is 15.1 Å². The molecule has 6 nitrogen and oxygen atoms in total. The minimum absolute atomic E-state index is 0.0179. The van der Waals surface area contributed by atoms with E-state index < -0.39 is 0 Å². The number of hydrogen-bond donors (Lipinski definition) is 1. The van der Waals surface area contributed by atoms with E-state index in [-0.39, 0.29) is 30.6 Å². The highest BCUT2D eigenvalue weighted by molar-refractivity contribution is 5.83. The first-order chi connectivity index (χ1) is 20.9. The van der Waals surface area contributed by atoms with Crippen molar-refractivity contribution in [3.8, 4) is 0 Å². The van der Waals surface area contributed by atoms with Crippen LogP contribution in [-0.4, -0.2) is 60.7 Å². The third-order valence-corrected chi connectivity index (χ3v) is 8.79. The van der Waals surface area contributed by atoms with Gasteiger partial charge in [-0.1, -0.05) is 155 Å². The van der Waals surface area contributed by atoms with Gasteiger partial charge in [0, 0.05) is 53.0 Å². The van der Waals surface area contributed by atoms with E-state index in [9.17, 15) is 14.4 Å². The minimum Gasteiger partial charge on any atom is -0.354 e. The fraction of sp³-hybridized carbons (Fsp3) is 0.919. The van der Waals surface area contributed by atoms with Gasteiger partial charge in [-0.25, -0.2) is 0 Å². The van der Waals surface area contributed by atoms with E-state index in [1.807, 2.05) is 4.90 Å². The molecule has 0 aromatic rings. The van der Waals surface area contributed by atoms with Gasteiger partial charge in [-0.05, 0) is 12.8 Å². The van der Waals surface area contributed by atoms with Crippen molar-refractivity contribution in [2.75, 3.05) is 33.2 Å². The van der Waals surface area contributed by atoms with Crippen molar-refractivity contribution in [3.63, 3.8) is 0 Å². The third kappa shape index (κ3) is 28.9. The van der Waals surface area contributed by atoms with E-state index in [2.05, 4.69) is 19.2 Å². The van der Waals surface area contributed by atoms with Gasteiger partial charge in [0.2, 0.25) is 17.7 Å². The van der Waals surface area contributed by atoms with Gasteiger partial charge in [-0.3, -0.25) is 14.4 Å². The number of hydrogen-bond acceptors (Lipinski definition) is 3. The Labute approximate surface area is 267 Å². The molecule has 0 aliphatic carbocycles. The summed E-state index contributed by atoms with van der Waals surface area (Å²) in [6.45, 7) is 8.60. The van der Waals surface area contributed by atoms with Gasteiger partial charge < -0.3 is 15.1 Å². The molecule has 6 heteroatoms. The summed E-state index contributed by atoms with van der Waals surface area (Å²) in [5, 5.41) is 2.85. The minimum atomic E-state index is -0.110. The first-order valence-corrected chi connectivity index (χ1v) is 18.7. The van der Waals surface area contributed by atoms with E-state index in [4.69, 9.17) is 0 Å². The molecule has 0 bridgehead atoms. The lowest BCUT2D eigenvalue weighted by molar-refractivity contribution is -0.133. The Morgan fingerprint density at radius 2 is 0.837 bits per heavy atom. The van der Waals surface area contributed by atoms with Crippen LogP contribution in [-0.2, 0) is 14.4 Å². The zero-order valence-electron chi connectivity index (χ0n) is 29.3. The fourth-order valence-corrected chi connectivity index (χ4v) is 5.64. The highest BCUT2D eigenvalue weighted by Gasteiger charge is 2.15. The molecule has 0 radical (unpaired) electrons. The molecule has 0 aromatic carbocycles. The highest BCUT2D eigenvalue weighted by Crippen LogP contribution is 2.14. The number of carbonyl (C=O) groups excluding carboxylic acids is 3. The molecule has 0 aromatic heterocycles. The summed E-state index contributed by atoms with van der Waals surface area (Å²) in [4.78, 5) is 40.3. The Kier molecular flexibility index (Phi) is 30.6. The maximum atomic E-state index is 13.1. The van der Waals surface area contributed by atoms with Crippen LogP contribution < -0.4 is 5.32 Å². The lowest BCUT2D eigenvalue weighted by Crippen LogP contribution is -2.36. The third-order valence-electron chi connectivity index (χ3n) is 8.79. The van der Waals surface area contributed by atoms with Gasteiger partial charge in [-0.15, -0.1) is 0 Å². The van der Waals surface area contributed by atoms with Crippen LogP contribution in [0.5, 0.6) is 0 Å². The van der Waals surface area contributed by atoms with Crippen molar-refractivity contribution in [2.24, 2.45) is 0 Å². The Morgan fingerprint density at radius 3 is 1.19 bits per heavy atom. The summed E-state index contributed by atoms with van der Waals surface area (Å²) >= 11 is 0. The predicted molar refractivity (Wildman–Crippen MR) is 184 cm³/mol. The number of nitrogens with zero attached hydrogens (tertiary/aromatic N) is 2. The normalized spacial score (nSPS) is 11.1. The van der Waals surface area contributed by atoms with Crippen molar-refractivity contribution in [3.05, 3.63) is 0 Å². The van der Waals surface area contributed by atoms with Gasteiger partial charge in [0.15, 0.2) is 0 Å². The average Bonchev–Trinajstić information content (AvgIpc) is 2.99. The highest BCUT2D eigenvalue weighted by atomic mass is 16.2. The average molecular weight is 608 g/mol. The second kappa shape index (κ2) is 31.8. The molecule has 1 N–H and O–H groups in total. The van der Waals surface area contributed by atoms with Crippen LogP contribution in [0.2, 0.25) is 0 Å². The zero-order valence-corrected chi connectivity index (χ0v) is 29.3. The summed E-state index contributed by atoms with van der Waals surface area (Å²) in [7, 11) is 1.72. The molecule has 0 saturated heterocycles. The van der Waals surface area contributed by atoms with E-state index in [0.29, 0.717) is 13.1 Å². The molecule has 0 aliphatic rings. The summed E-state index contributed by atoms with van der Waals surface area (Å²) in [6, 6.07) is 0. The quantitative estimate of drug-likeness (QED) is 0.0774. The number of unbranched alkanes of at least 4 members (excludes halogenated alkanes) is 22. The van der Waals surface area contributed by atoms with Crippen LogP contribution in [0.25, 0.3) is 0 Å². The van der Waals surface area contributed by atoms with Gasteiger partial charge >= 0.3 is 0 Å². The first-order valence-electron chi connectivity index (χ1n) is 18.7. The molecular weight excluding hydrogens is 534 g/mol. The van der Waals surface area contributed by atoms with Crippen LogP contribution in [0.3, 0.4) is 0 Å². The monoisotopic (exact) mass is 608 g/mol. The number of amides is 3. The van der Waals surface area contributed by atoms with E-state index in [1.54, 1.807) is 11.9 Å². The largest absolute Gasteiger partial charge is 0.354 e. The SMILES string of the molecule is CCCCCCCCCCCCCCN(CCCCCCCCCCCCCC)C(=O)CCC(=O)NCCN(C)C(C)=O. The van der Waals surface area contributed by atoms with Crippen molar-refractivity contribution >= 4 is 17.7 Å². The Hall–Kier alpha value is -1.59. The summed E-state index contributed by atoms with van der Waals surface area (Å²) < 4.78 is 0. The Balaban J connectivity index is 4.25. The number of carbonyl (C=O) groups is 3. The van der Waals surface area contributed by atoms with Gasteiger partial charge in [0.05, 0.1) is 0 Å². The van der Waals surface area contributed by atoms with Crippen molar-refractivity contribution in [2.45, 2.75) is 188 Å². The molecule has 0 heterocycles. The van der Waals surface area contributed by atoms with Crippen LogP contribution in [0.4, 0.5) is 0 Å². The number of rotatable bonds is 32. The predicted octanol–water partition coefficient (Wildman–Crippen LogP) is 9.59. The molecule has 0 aliphatic heterocycles. The maximum absolute atomic E-state index is 13.1. The number of likely N-dealkylation sites (N-methyl/N-ethyl adjacent to an activating group) is 1. The van der Waals surface area contributed by atoms with Crippen LogP contribution in [0.15, 0.2) is 0 Å². The molecule has 0 spiro atoms. The lowest BCUT2D eigenvalue weighted by atomic mass is 10.0. The zero-order chi connectivity index (χ0) is 31.8. The molecule has 0 rings (SSSR count). The molecule has 0 saturated carbocycles. The van der Waals surface area contributed by atoms with Crippen molar-refractivity contribution < 1.29 is 14.4 Å². The van der Waals surface area contributed by atoms with Crippen molar-refractivity contribution in [1.29, 1.82) is 0 Å². The summed E-state index contributed by atoms with van der Waals surface area (Å²) in [5.41, 5.74) is 0. The summed E-state index contributed by atoms with van der Waals surface area (Å²) in [6.07, 6.45) is 32.0. The molecule has 3 amide bonds. The summed E-state index contributed by atoms with van der Waals surface area (Å²) in [5.74, 6) is -0.0150. The van der Waals surface area contributed by atoms with E-state index >= 15 is 0 Å². The molecule has 254 valence electrons. The van der Waals surface area contributed by atoms with Gasteiger partial charge in [0.25, 0.3) is 0 Å². The second-order valence-electron chi connectivity index (χ2n) is 12.9. The van der Waals surface area contributed by atoms with E-state index in [1.165, 1.54) is 148 Å². The fourth-order valence-electron chi connectivity index (χ4n) is 5.64. The topological polar surface area (TPSA) is 69.7 Å². The van der Waals surface area contributed by atoms with E-state index in [0.717, 1.165) is 25.9 Å². The standard InChI is InChI=1S/C37H73N3O3/c1-5-7-9-11-13-15-17-19-21-23-25-27-32-40(33-28-26-24-22-20-18-16-14-12-10-8-6-2)37(43)30-29-36(42)38-31-34-39(4)35(3)41/h5-34H2,1-4H3,(H,38,42). The molecule has 0 atom stereocenters.